The van der Waals surface area contributed by atoms with Crippen molar-refractivity contribution in [2.45, 2.75) is 60.5 Å². The third-order valence-electron chi connectivity index (χ3n) is 2.99. The second-order valence-electron chi connectivity index (χ2n) is 5.71. The molecule has 0 amide bonds. The number of hydrogen-bond acceptors (Lipinski definition) is 1. The Morgan fingerprint density at radius 2 is 1.08 bits per heavy atom. The van der Waals surface area contributed by atoms with Gasteiger partial charge in [-0.15, -0.1) is 0 Å². The van der Waals surface area contributed by atoms with Crippen molar-refractivity contribution in [1.82, 2.24) is 0 Å². The monoisotopic (exact) mass is 172 g/mol. The topological polar surface area (TPSA) is 20.2 Å². The van der Waals surface area contributed by atoms with Crippen LogP contribution in [0.4, 0.5) is 0 Å². The van der Waals surface area contributed by atoms with Crippen molar-refractivity contribution < 1.29 is 5.11 Å². The molecular formula is C11H24O. The molecule has 1 heteroatoms. The van der Waals surface area contributed by atoms with Crippen molar-refractivity contribution in [3.8, 4) is 0 Å². The Balaban J connectivity index is 4.95. The summed E-state index contributed by atoms with van der Waals surface area (Å²) in [7, 11) is 0. The zero-order chi connectivity index (χ0) is 10.2. The fraction of sp³-hybridized carbons (Fsp3) is 1.00. The minimum absolute atomic E-state index is 0.0556. The molecule has 12 heavy (non-hydrogen) atoms. The maximum Gasteiger partial charge on any atom is 0.0741 e. The van der Waals surface area contributed by atoms with Gasteiger partial charge < -0.3 is 5.11 Å². The molecule has 0 aromatic carbocycles. The van der Waals surface area contributed by atoms with Crippen molar-refractivity contribution in [3.63, 3.8) is 0 Å². The van der Waals surface area contributed by atoms with E-state index in [1.807, 2.05) is 0 Å². The molecule has 0 aliphatic heterocycles. The number of rotatable bonds is 1. The molecule has 0 rings (SSSR count). The molecule has 0 unspecified atom stereocenters. The van der Waals surface area contributed by atoms with Crippen LogP contribution in [0.25, 0.3) is 0 Å². The van der Waals surface area contributed by atoms with Gasteiger partial charge in [-0.2, -0.15) is 0 Å². The van der Waals surface area contributed by atoms with E-state index in [9.17, 15) is 5.11 Å². The SMILES string of the molecule is CCC(O)(C(C)(C)C)C(C)(C)C. The van der Waals surface area contributed by atoms with E-state index >= 15 is 0 Å². The van der Waals surface area contributed by atoms with Crippen molar-refractivity contribution in [1.29, 1.82) is 0 Å². The minimum Gasteiger partial charge on any atom is -0.389 e. The van der Waals surface area contributed by atoms with Crippen LogP contribution in [-0.2, 0) is 0 Å². The van der Waals surface area contributed by atoms with Gasteiger partial charge in [0.25, 0.3) is 0 Å². The van der Waals surface area contributed by atoms with Crippen LogP contribution in [0, 0.1) is 10.8 Å². The zero-order valence-corrected chi connectivity index (χ0v) is 9.65. The lowest BCUT2D eigenvalue weighted by atomic mass is 9.61. The van der Waals surface area contributed by atoms with Crippen LogP contribution >= 0.6 is 0 Å². The summed E-state index contributed by atoms with van der Waals surface area (Å²) < 4.78 is 0. The van der Waals surface area contributed by atoms with Gasteiger partial charge in [-0.3, -0.25) is 0 Å². The summed E-state index contributed by atoms with van der Waals surface area (Å²) in [5.74, 6) is 0. The van der Waals surface area contributed by atoms with Gasteiger partial charge in [0.05, 0.1) is 5.60 Å². The van der Waals surface area contributed by atoms with Crippen molar-refractivity contribution >= 4 is 0 Å². The van der Waals surface area contributed by atoms with Gasteiger partial charge in [0, 0.05) is 0 Å². The maximum absolute atomic E-state index is 10.5. The highest BCUT2D eigenvalue weighted by Gasteiger charge is 2.47. The van der Waals surface area contributed by atoms with Crippen LogP contribution < -0.4 is 0 Å². The fourth-order valence-electron chi connectivity index (χ4n) is 2.19. The predicted molar refractivity (Wildman–Crippen MR) is 54.2 cm³/mol. The first-order valence-electron chi connectivity index (χ1n) is 4.78. The van der Waals surface area contributed by atoms with Gasteiger partial charge in [-0.25, -0.2) is 0 Å². The van der Waals surface area contributed by atoms with E-state index in [1.165, 1.54) is 0 Å². The van der Waals surface area contributed by atoms with Gasteiger partial charge in [0.15, 0.2) is 0 Å². The first kappa shape index (κ1) is 12.0. The fourth-order valence-corrected chi connectivity index (χ4v) is 2.19. The molecule has 0 aromatic heterocycles. The van der Waals surface area contributed by atoms with Crippen LogP contribution in [0.2, 0.25) is 0 Å². The minimum atomic E-state index is -0.583. The standard InChI is InChI=1S/C11H24O/c1-8-11(12,9(2,3)4)10(5,6)7/h12H,8H2,1-7H3. The van der Waals surface area contributed by atoms with Crippen molar-refractivity contribution in [2.75, 3.05) is 0 Å². The smallest absolute Gasteiger partial charge is 0.0741 e. The molecule has 0 aliphatic rings. The summed E-state index contributed by atoms with van der Waals surface area (Å²) in [5, 5.41) is 10.5. The Hall–Kier alpha value is -0.0400. The normalized spacial score (nSPS) is 15.0. The Morgan fingerprint density at radius 3 is 1.08 bits per heavy atom. The Morgan fingerprint density at radius 1 is 0.833 bits per heavy atom. The highest BCUT2D eigenvalue weighted by Crippen LogP contribution is 2.45. The average Bonchev–Trinajstić information content (AvgIpc) is 1.81. The van der Waals surface area contributed by atoms with Crippen LogP contribution in [0.1, 0.15) is 54.9 Å². The van der Waals surface area contributed by atoms with E-state index in [0.29, 0.717) is 0 Å². The average molecular weight is 172 g/mol. The van der Waals surface area contributed by atoms with Gasteiger partial charge in [-0.05, 0) is 17.3 Å². The van der Waals surface area contributed by atoms with E-state index in [-0.39, 0.29) is 10.8 Å². The van der Waals surface area contributed by atoms with Crippen LogP contribution in [0.15, 0.2) is 0 Å². The summed E-state index contributed by atoms with van der Waals surface area (Å²) in [6.45, 7) is 14.6. The third kappa shape index (κ3) is 1.82. The summed E-state index contributed by atoms with van der Waals surface area (Å²) in [5.41, 5.74) is -0.694. The van der Waals surface area contributed by atoms with Crippen molar-refractivity contribution in [3.05, 3.63) is 0 Å². The molecule has 0 radical (unpaired) electrons. The Bertz CT molecular complexity index is 131. The number of hydrogen-bond donors (Lipinski definition) is 1. The summed E-state index contributed by atoms with van der Waals surface area (Å²) in [4.78, 5) is 0. The molecule has 74 valence electrons. The number of aliphatic hydroxyl groups is 1. The first-order chi connectivity index (χ1) is 5.06. The van der Waals surface area contributed by atoms with Crippen molar-refractivity contribution in [2.24, 2.45) is 10.8 Å². The van der Waals surface area contributed by atoms with Crippen LogP contribution in [-0.4, -0.2) is 10.7 Å². The lowest BCUT2D eigenvalue weighted by molar-refractivity contribution is -0.139. The molecular weight excluding hydrogens is 148 g/mol. The summed E-state index contributed by atoms with van der Waals surface area (Å²) >= 11 is 0. The molecule has 0 spiro atoms. The predicted octanol–water partition coefficient (Wildman–Crippen LogP) is 3.22. The molecule has 1 nitrogen and oxygen atoms in total. The van der Waals surface area contributed by atoms with Crippen LogP contribution in [0.3, 0.4) is 0 Å². The van der Waals surface area contributed by atoms with E-state index in [1.54, 1.807) is 0 Å². The Labute approximate surface area is 77.2 Å². The largest absolute Gasteiger partial charge is 0.389 e. The lowest BCUT2D eigenvalue weighted by Gasteiger charge is -2.49. The third-order valence-corrected chi connectivity index (χ3v) is 2.99. The molecule has 1 N–H and O–H groups in total. The van der Waals surface area contributed by atoms with Gasteiger partial charge >= 0.3 is 0 Å². The lowest BCUT2D eigenvalue weighted by Crippen LogP contribution is -2.52. The summed E-state index contributed by atoms with van der Waals surface area (Å²) in [6, 6.07) is 0. The van der Waals surface area contributed by atoms with E-state index in [4.69, 9.17) is 0 Å². The maximum atomic E-state index is 10.5. The van der Waals surface area contributed by atoms with E-state index < -0.39 is 5.60 Å². The summed E-state index contributed by atoms with van der Waals surface area (Å²) in [6.07, 6.45) is 0.806. The van der Waals surface area contributed by atoms with E-state index in [2.05, 4.69) is 48.5 Å². The Kier molecular flexibility index (Phi) is 3.01. The molecule has 0 atom stereocenters. The van der Waals surface area contributed by atoms with Gasteiger partial charge in [0.2, 0.25) is 0 Å². The molecule has 0 saturated heterocycles. The molecule has 0 bridgehead atoms. The second-order valence-corrected chi connectivity index (χ2v) is 5.71. The molecule has 0 fully saturated rings. The van der Waals surface area contributed by atoms with Crippen LogP contribution in [0.5, 0.6) is 0 Å². The van der Waals surface area contributed by atoms with Gasteiger partial charge in [0.1, 0.15) is 0 Å². The molecule has 0 aliphatic carbocycles. The molecule has 0 heterocycles. The first-order valence-corrected chi connectivity index (χ1v) is 4.78. The molecule has 0 saturated carbocycles. The highest BCUT2D eigenvalue weighted by molar-refractivity contribution is 4.98. The second kappa shape index (κ2) is 3.02. The highest BCUT2D eigenvalue weighted by atomic mass is 16.3. The van der Waals surface area contributed by atoms with E-state index in [0.717, 1.165) is 6.42 Å². The quantitative estimate of drug-likeness (QED) is 0.644. The zero-order valence-electron chi connectivity index (χ0n) is 9.65. The van der Waals surface area contributed by atoms with Gasteiger partial charge in [-0.1, -0.05) is 48.5 Å². The molecule has 0 aromatic rings.